The molecule has 0 aromatic heterocycles. The van der Waals surface area contributed by atoms with Crippen molar-refractivity contribution in [1.82, 2.24) is 16.0 Å². The lowest BCUT2D eigenvalue weighted by molar-refractivity contribution is -0.143. The highest BCUT2D eigenvalue weighted by Gasteiger charge is 2.28. The largest absolute Gasteiger partial charge is 0.508 e. The van der Waals surface area contributed by atoms with Crippen molar-refractivity contribution in [2.45, 2.75) is 43.9 Å². The van der Waals surface area contributed by atoms with Crippen LogP contribution in [-0.4, -0.2) is 75.7 Å². The lowest BCUT2D eigenvalue weighted by Crippen LogP contribution is -2.57. The Morgan fingerprint density at radius 3 is 2.00 bits per heavy atom. The fraction of sp³-hybridized carbons (Fsp3) is 0.421. The van der Waals surface area contributed by atoms with Gasteiger partial charge in [-0.05, 0) is 31.0 Å². The van der Waals surface area contributed by atoms with Crippen LogP contribution in [0.1, 0.15) is 18.9 Å². The van der Waals surface area contributed by atoms with Crippen LogP contribution in [-0.2, 0) is 30.4 Å². The van der Waals surface area contributed by atoms with E-state index < -0.39 is 66.8 Å². The summed E-state index contributed by atoms with van der Waals surface area (Å²) in [5.41, 5.74) is 11.4. The molecule has 0 fully saturated rings. The van der Waals surface area contributed by atoms with Crippen LogP contribution in [0.3, 0.4) is 0 Å². The predicted octanol–water partition coefficient (Wildman–Crippen LogP) is -3.31. The Labute approximate surface area is 183 Å². The molecule has 4 amide bonds. The number of carbonyl (C=O) groups is 5. The molecule has 0 aliphatic rings. The van der Waals surface area contributed by atoms with Crippen molar-refractivity contribution in [3.05, 3.63) is 29.8 Å². The van der Waals surface area contributed by atoms with E-state index in [0.717, 1.165) is 0 Å². The van der Waals surface area contributed by atoms with Crippen LogP contribution in [0.25, 0.3) is 0 Å². The zero-order valence-corrected chi connectivity index (χ0v) is 17.3. The van der Waals surface area contributed by atoms with Crippen LogP contribution in [0.5, 0.6) is 5.75 Å². The summed E-state index contributed by atoms with van der Waals surface area (Å²) in [6, 6.07) is 0.670. The van der Waals surface area contributed by atoms with Crippen LogP contribution in [0, 0.1) is 0 Å². The number of aliphatic hydroxyl groups is 1. The zero-order valence-electron chi connectivity index (χ0n) is 17.3. The van der Waals surface area contributed by atoms with E-state index in [4.69, 9.17) is 16.6 Å². The standard InChI is InChI=1S/C19H27N5O8/c1-9(16(28)23-13(19(31)32)7-15(21)27)22-18(30)14(8-25)24-17(29)12(20)6-10-2-4-11(26)5-3-10/h2-5,9,12-14,25-26H,6-8,20H2,1H3,(H2,21,27)(H,22,30)(H,23,28)(H,24,29)(H,31,32). The van der Waals surface area contributed by atoms with E-state index in [0.29, 0.717) is 5.56 Å². The van der Waals surface area contributed by atoms with Gasteiger partial charge in [0.25, 0.3) is 0 Å². The Kier molecular flexibility index (Phi) is 10.1. The minimum absolute atomic E-state index is 0.0475. The molecule has 0 saturated heterocycles. The number of aliphatic hydroxyl groups excluding tert-OH is 1. The molecular weight excluding hydrogens is 426 g/mol. The molecule has 0 saturated carbocycles. The first-order chi connectivity index (χ1) is 14.9. The summed E-state index contributed by atoms with van der Waals surface area (Å²) in [5.74, 6) is -4.95. The number of rotatable bonds is 12. The summed E-state index contributed by atoms with van der Waals surface area (Å²) < 4.78 is 0. The first-order valence-corrected chi connectivity index (χ1v) is 9.51. The van der Waals surface area contributed by atoms with Crippen molar-refractivity contribution in [1.29, 1.82) is 0 Å². The first kappa shape index (κ1) is 26.3. The number of nitrogens with two attached hydrogens (primary N) is 2. The average molecular weight is 453 g/mol. The normalized spacial score (nSPS) is 14.3. The van der Waals surface area contributed by atoms with Crippen LogP contribution < -0.4 is 27.4 Å². The highest BCUT2D eigenvalue weighted by atomic mass is 16.4. The number of benzene rings is 1. The third-order valence-electron chi connectivity index (χ3n) is 4.32. The molecule has 13 nitrogen and oxygen atoms in total. The number of hydrogen-bond acceptors (Lipinski definition) is 8. The summed E-state index contributed by atoms with van der Waals surface area (Å²) in [7, 11) is 0. The maximum atomic E-state index is 12.3. The molecule has 0 radical (unpaired) electrons. The molecule has 1 aromatic carbocycles. The monoisotopic (exact) mass is 453 g/mol. The van der Waals surface area contributed by atoms with Crippen molar-refractivity contribution in [3.8, 4) is 5.75 Å². The molecule has 1 aromatic rings. The number of carboxylic acid groups (broad SMARTS) is 1. The van der Waals surface area contributed by atoms with Crippen molar-refractivity contribution in [3.63, 3.8) is 0 Å². The van der Waals surface area contributed by atoms with E-state index in [-0.39, 0.29) is 12.2 Å². The molecule has 0 heterocycles. The molecule has 13 heteroatoms. The quantitative estimate of drug-likeness (QED) is 0.158. The van der Waals surface area contributed by atoms with Gasteiger partial charge in [0.2, 0.25) is 23.6 Å². The number of hydrogen-bond donors (Lipinski definition) is 8. The first-order valence-electron chi connectivity index (χ1n) is 9.51. The Morgan fingerprint density at radius 2 is 1.50 bits per heavy atom. The molecule has 0 aliphatic carbocycles. The van der Waals surface area contributed by atoms with Gasteiger partial charge in [0, 0.05) is 0 Å². The highest BCUT2D eigenvalue weighted by Crippen LogP contribution is 2.11. The van der Waals surface area contributed by atoms with Gasteiger partial charge in [0.1, 0.15) is 23.9 Å². The van der Waals surface area contributed by atoms with Gasteiger partial charge in [-0.1, -0.05) is 12.1 Å². The Morgan fingerprint density at radius 1 is 0.938 bits per heavy atom. The number of amides is 4. The number of aromatic hydroxyl groups is 1. The Hall–Kier alpha value is -3.71. The topological polar surface area (TPSA) is 234 Å². The molecule has 176 valence electrons. The molecule has 32 heavy (non-hydrogen) atoms. The third-order valence-corrected chi connectivity index (χ3v) is 4.32. The van der Waals surface area contributed by atoms with Gasteiger partial charge >= 0.3 is 5.97 Å². The molecule has 0 bridgehead atoms. The number of phenols is 1. The highest BCUT2D eigenvalue weighted by molar-refractivity contribution is 5.94. The minimum atomic E-state index is -1.58. The Balaban J connectivity index is 2.65. The van der Waals surface area contributed by atoms with Crippen LogP contribution in [0.4, 0.5) is 0 Å². The fourth-order valence-electron chi connectivity index (χ4n) is 2.53. The van der Waals surface area contributed by atoms with Gasteiger partial charge in [0.05, 0.1) is 19.1 Å². The molecule has 0 aliphatic heterocycles. The molecule has 4 atom stereocenters. The number of carboxylic acids is 1. The second-order valence-corrected chi connectivity index (χ2v) is 7.02. The smallest absolute Gasteiger partial charge is 0.326 e. The molecule has 0 spiro atoms. The average Bonchev–Trinajstić information content (AvgIpc) is 2.72. The van der Waals surface area contributed by atoms with Gasteiger partial charge in [-0.2, -0.15) is 0 Å². The molecular formula is C19H27N5O8. The molecule has 4 unspecified atom stereocenters. The second-order valence-electron chi connectivity index (χ2n) is 7.02. The maximum Gasteiger partial charge on any atom is 0.326 e. The minimum Gasteiger partial charge on any atom is -0.508 e. The van der Waals surface area contributed by atoms with Crippen molar-refractivity contribution >= 4 is 29.6 Å². The number of carbonyl (C=O) groups excluding carboxylic acids is 4. The summed E-state index contributed by atoms with van der Waals surface area (Å²) in [4.78, 5) is 58.7. The van der Waals surface area contributed by atoms with E-state index in [2.05, 4.69) is 16.0 Å². The van der Waals surface area contributed by atoms with E-state index in [1.165, 1.54) is 19.1 Å². The van der Waals surface area contributed by atoms with E-state index in [1.807, 2.05) is 0 Å². The van der Waals surface area contributed by atoms with Gasteiger partial charge in [-0.25, -0.2) is 4.79 Å². The van der Waals surface area contributed by atoms with Gasteiger partial charge in [-0.3, -0.25) is 19.2 Å². The van der Waals surface area contributed by atoms with E-state index >= 15 is 0 Å². The van der Waals surface area contributed by atoms with E-state index in [9.17, 15) is 34.2 Å². The predicted molar refractivity (Wildman–Crippen MR) is 110 cm³/mol. The third kappa shape index (κ3) is 8.57. The van der Waals surface area contributed by atoms with Gasteiger partial charge in [0.15, 0.2) is 0 Å². The number of primary amides is 1. The lowest BCUT2D eigenvalue weighted by Gasteiger charge is -2.22. The van der Waals surface area contributed by atoms with Crippen molar-refractivity contribution in [2.75, 3.05) is 6.61 Å². The summed E-state index contributed by atoms with van der Waals surface area (Å²) in [6.07, 6.45) is -0.545. The molecule has 10 N–H and O–H groups in total. The van der Waals surface area contributed by atoms with Crippen LogP contribution in [0.15, 0.2) is 24.3 Å². The second kappa shape index (κ2) is 12.2. The number of nitrogens with one attached hydrogen (secondary N) is 3. The van der Waals surface area contributed by atoms with Crippen LogP contribution >= 0.6 is 0 Å². The SMILES string of the molecule is CC(NC(=O)C(CO)NC(=O)C(N)Cc1ccc(O)cc1)C(=O)NC(CC(N)=O)C(=O)O. The summed E-state index contributed by atoms with van der Waals surface area (Å²) >= 11 is 0. The van der Waals surface area contributed by atoms with Gasteiger partial charge in [-0.15, -0.1) is 0 Å². The summed E-state index contributed by atoms with van der Waals surface area (Å²) in [5, 5.41) is 34.3. The van der Waals surface area contributed by atoms with Crippen LogP contribution in [0.2, 0.25) is 0 Å². The Bertz CT molecular complexity index is 845. The van der Waals surface area contributed by atoms with Crippen molar-refractivity contribution < 1.29 is 39.3 Å². The number of aliphatic carboxylic acids is 1. The maximum absolute atomic E-state index is 12.3. The zero-order chi connectivity index (χ0) is 24.4. The summed E-state index contributed by atoms with van der Waals surface area (Å²) in [6.45, 7) is 0.445. The van der Waals surface area contributed by atoms with Gasteiger partial charge < -0.3 is 42.7 Å². The van der Waals surface area contributed by atoms with E-state index in [1.54, 1.807) is 12.1 Å². The molecule has 1 rings (SSSR count). The number of phenolic OH excluding ortho intramolecular Hbond substituents is 1. The fourth-order valence-corrected chi connectivity index (χ4v) is 2.53. The van der Waals surface area contributed by atoms with Crippen molar-refractivity contribution in [2.24, 2.45) is 11.5 Å². The lowest BCUT2D eigenvalue weighted by atomic mass is 10.1.